The average molecular weight is 266 g/mol. The maximum absolute atomic E-state index is 11.3. The van der Waals surface area contributed by atoms with Crippen molar-refractivity contribution >= 4 is 17.6 Å². The minimum Gasteiger partial charge on any atom is -0.480 e. The van der Waals surface area contributed by atoms with Crippen LogP contribution in [0.3, 0.4) is 0 Å². The van der Waals surface area contributed by atoms with E-state index in [0.29, 0.717) is 18.9 Å². The number of rotatable bonds is 3. The van der Waals surface area contributed by atoms with Gasteiger partial charge in [-0.2, -0.15) is 0 Å². The zero-order valence-corrected chi connectivity index (χ0v) is 10.4. The molecule has 0 amide bonds. The number of hydrogen-bond donors (Lipinski definition) is 1. The number of aromatic nitrogens is 2. The molecule has 0 aliphatic carbocycles. The fourth-order valence-electron chi connectivity index (χ4n) is 2.17. The number of hydrogen-bond acceptors (Lipinski definition) is 6. The van der Waals surface area contributed by atoms with Gasteiger partial charge in [0, 0.05) is 6.54 Å². The summed E-state index contributed by atoms with van der Waals surface area (Å²) in [5, 5.41) is 19.7. The van der Waals surface area contributed by atoms with E-state index in [4.69, 9.17) is 0 Å². The average Bonchev–Trinajstić information content (AvgIpc) is 2.38. The number of carboxylic acids is 1. The van der Waals surface area contributed by atoms with E-state index >= 15 is 0 Å². The molecule has 2 atom stereocenters. The van der Waals surface area contributed by atoms with Crippen LogP contribution in [0, 0.1) is 16.0 Å². The van der Waals surface area contributed by atoms with Crippen LogP contribution in [0.2, 0.25) is 0 Å². The zero-order chi connectivity index (χ0) is 14.0. The van der Waals surface area contributed by atoms with Gasteiger partial charge in [-0.15, -0.1) is 0 Å². The molecule has 8 heteroatoms. The van der Waals surface area contributed by atoms with Gasteiger partial charge in [-0.3, -0.25) is 10.1 Å². The van der Waals surface area contributed by atoms with Crippen LogP contribution in [0.1, 0.15) is 19.8 Å². The second kappa shape index (κ2) is 5.17. The Hall–Kier alpha value is -2.25. The Bertz CT molecular complexity index is 490. The van der Waals surface area contributed by atoms with E-state index in [9.17, 15) is 20.0 Å². The maximum Gasteiger partial charge on any atom is 0.326 e. The number of carboxylic acid groups (broad SMARTS) is 1. The number of carbonyl (C=O) groups is 1. The van der Waals surface area contributed by atoms with Gasteiger partial charge >= 0.3 is 11.7 Å². The van der Waals surface area contributed by atoms with Crippen molar-refractivity contribution < 1.29 is 14.8 Å². The summed E-state index contributed by atoms with van der Waals surface area (Å²) >= 11 is 0. The lowest BCUT2D eigenvalue weighted by molar-refractivity contribution is -0.385. The highest BCUT2D eigenvalue weighted by Crippen LogP contribution is 2.26. The van der Waals surface area contributed by atoms with Crippen molar-refractivity contribution in [2.45, 2.75) is 25.8 Å². The number of anilines is 1. The molecule has 1 aliphatic heterocycles. The van der Waals surface area contributed by atoms with Gasteiger partial charge in [0.2, 0.25) is 5.95 Å². The Morgan fingerprint density at radius 1 is 1.53 bits per heavy atom. The molecule has 8 nitrogen and oxygen atoms in total. The normalized spacial score (nSPS) is 23.1. The SMILES string of the molecule is CC1CCN(c2ncc([N+](=O)[O-])cn2)C(C(=O)O)C1. The van der Waals surface area contributed by atoms with E-state index in [1.165, 1.54) is 0 Å². The van der Waals surface area contributed by atoms with Gasteiger partial charge in [-0.1, -0.05) is 6.92 Å². The minimum absolute atomic E-state index is 0.207. The smallest absolute Gasteiger partial charge is 0.326 e. The predicted octanol–water partition coefficient (Wildman–Crippen LogP) is 1.07. The van der Waals surface area contributed by atoms with Crippen molar-refractivity contribution in [2.24, 2.45) is 5.92 Å². The first-order valence-electron chi connectivity index (χ1n) is 5.95. The molecule has 1 N–H and O–H groups in total. The number of nitro groups is 1. The first kappa shape index (κ1) is 13.2. The number of piperidine rings is 1. The molecule has 0 saturated carbocycles. The molecule has 19 heavy (non-hydrogen) atoms. The Balaban J connectivity index is 2.23. The van der Waals surface area contributed by atoms with Crippen molar-refractivity contribution in [3.8, 4) is 0 Å². The molecule has 2 rings (SSSR count). The largest absolute Gasteiger partial charge is 0.480 e. The van der Waals surface area contributed by atoms with Gasteiger partial charge in [-0.05, 0) is 18.8 Å². The molecule has 0 bridgehead atoms. The summed E-state index contributed by atoms with van der Waals surface area (Å²) in [5.41, 5.74) is -0.207. The first-order chi connectivity index (χ1) is 8.99. The quantitative estimate of drug-likeness (QED) is 0.643. The first-order valence-corrected chi connectivity index (χ1v) is 5.95. The van der Waals surface area contributed by atoms with Crippen molar-refractivity contribution in [1.82, 2.24) is 9.97 Å². The Labute approximate surface area is 109 Å². The molecule has 1 fully saturated rings. The van der Waals surface area contributed by atoms with Crippen LogP contribution < -0.4 is 4.90 Å². The van der Waals surface area contributed by atoms with Crippen LogP contribution >= 0.6 is 0 Å². The molecule has 1 saturated heterocycles. The monoisotopic (exact) mass is 266 g/mol. The van der Waals surface area contributed by atoms with Crippen molar-refractivity contribution in [3.05, 3.63) is 22.5 Å². The van der Waals surface area contributed by atoms with Crippen LogP contribution in [-0.2, 0) is 4.79 Å². The third-order valence-electron chi connectivity index (χ3n) is 3.24. The second-order valence-corrected chi connectivity index (χ2v) is 4.68. The highest BCUT2D eigenvalue weighted by Gasteiger charge is 2.33. The van der Waals surface area contributed by atoms with Crippen LogP contribution in [0.4, 0.5) is 11.6 Å². The van der Waals surface area contributed by atoms with Crippen molar-refractivity contribution in [2.75, 3.05) is 11.4 Å². The van der Waals surface area contributed by atoms with Crippen LogP contribution in [0.25, 0.3) is 0 Å². The fraction of sp³-hybridized carbons (Fsp3) is 0.545. The summed E-state index contributed by atoms with van der Waals surface area (Å²) in [4.78, 5) is 30.6. The van der Waals surface area contributed by atoms with E-state index in [-0.39, 0.29) is 11.6 Å². The van der Waals surface area contributed by atoms with Crippen molar-refractivity contribution in [1.29, 1.82) is 0 Å². The highest BCUT2D eigenvalue weighted by atomic mass is 16.6. The summed E-state index contributed by atoms with van der Waals surface area (Å²) in [6.07, 6.45) is 3.57. The second-order valence-electron chi connectivity index (χ2n) is 4.68. The molecule has 1 aromatic heterocycles. The van der Waals surface area contributed by atoms with Gasteiger partial charge in [0.05, 0.1) is 4.92 Å². The maximum atomic E-state index is 11.3. The molecule has 102 valence electrons. The molecular formula is C11H14N4O4. The molecular weight excluding hydrogens is 252 g/mol. The van der Waals surface area contributed by atoms with Gasteiger partial charge in [0.1, 0.15) is 18.4 Å². The Morgan fingerprint density at radius 3 is 2.68 bits per heavy atom. The number of aliphatic carboxylic acids is 1. The lowest BCUT2D eigenvalue weighted by Crippen LogP contribution is -2.47. The van der Waals surface area contributed by atoms with E-state index in [1.54, 1.807) is 4.90 Å². The van der Waals surface area contributed by atoms with E-state index in [0.717, 1.165) is 18.8 Å². The lowest BCUT2D eigenvalue weighted by Gasteiger charge is -2.35. The third-order valence-corrected chi connectivity index (χ3v) is 3.24. The van der Waals surface area contributed by atoms with Gasteiger partial charge in [0.15, 0.2) is 0 Å². The summed E-state index contributed by atoms with van der Waals surface area (Å²) in [6, 6.07) is -0.676. The minimum atomic E-state index is -0.923. The summed E-state index contributed by atoms with van der Waals surface area (Å²) < 4.78 is 0. The molecule has 0 spiro atoms. The number of nitrogens with zero attached hydrogens (tertiary/aromatic N) is 4. The highest BCUT2D eigenvalue weighted by molar-refractivity contribution is 5.77. The van der Waals surface area contributed by atoms with Crippen LogP contribution in [-0.4, -0.2) is 38.6 Å². The van der Waals surface area contributed by atoms with Crippen LogP contribution in [0.15, 0.2) is 12.4 Å². The van der Waals surface area contributed by atoms with Gasteiger partial charge < -0.3 is 10.0 Å². The molecule has 2 heterocycles. The fourth-order valence-corrected chi connectivity index (χ4v) is 2.17. The third kappa shape index (κ3) is 2.78. The zero-order valence-electron chi connectivity index (χ0n) is 10.4. The van der Waals surface area contributed by atoms with Crippen molar-refractivity contribution in [3.63, 3.8) is 0 Å². The molecule has 0 radical (unpaired) electrons. The Kier molecular flexibility index (Phi) is 3.59. The molecule has 1 aliphatic rings. The van der Waals surface area contributed by atoms with E-state index < -0.39 is 16.9 Å². The lowest BCUT2D eigenvalue weighted by atomic mass is 9.93. The topological polar surface area (TPSA) is 109 Å². The summed E-state index contributed by atoms with van der Waals surface area (Å²) in [6.45, 7) is 2.54. The van der Waals surface area contributed by atoms with Gasteiger partial charge in [-0.25, -0.2) is 14.8 Å². The summed E-state index contributed by atoms with van der Waals surface area (Å²) in [5.74, 6) is -0.367. The predicted molar refractivity (Wildman–Crippen MR) is 65.9 cm³/mol. The summed E-state index contributed by atoms with van der Waals surface area (Å²) in [7, 11) is 0. The molecule has 1 aromatic rings. The van der Waals surface area contributed by atoms with E-state index in [2.05, 4.69) is 9.97 Å². The Morgan fingerprint density at radius 2 is 2.16 bits per heavy atom. The van der Waals surface area contributed by atoms with Gasteiger partial charge in [0.25, 0.3) is 0 Å². The van der Waals surface area contributed by atoms with E-state index in [1.807, 2.05) is 6.92 Å². The molecule has 2 unspecified atom stereocenters. The molecule has 0 aromatic carbocycles. The standard InChI is InChI=1S/C11H14N4O4/c1-7-2-3-14(9(4-7)10(16)17)11-12-5-8(6-13-11)15(18)19/h5-7,9H,2-4H2,1H3,(H,16,17). The van der Waals surface area contributed by atoms with Crippen LogP contribution in [0.5, 0.6) is 0 Å².